The Labute approximate surface area is 81.2 Å². The summed E-state index contributed by atoms with van der Waals surface area (Å²) in [6.45, 7) is 2.22. The van der Waals surface area contributed by atoms with E-state index in [9.17, 15) is 5.11 Å². The summed E-state index contributed by atoms with van der Waals surface area (Å²) in [4.78, 5) is 0. The zero-order valence-corrected chi connectivity index (χ0v) is 8.45. The molecule has 74 valence electrons. The quantitative estimate of drug-likeness (QED) is 0.509. The van der Waals surface area contributed by atoms with E-state index in [4.69, 9.17) is 0 Å². The Balaban J connectivity index is 2.07. The third kappa shape index (κ3) is 4.28. The van der Waals surface area contributed by atoms with Gasteiger partial charge in [-0.3, -0.25) is 0 Å². The fourth-order valence-corrected chi connectivity index (χ4v) is 1.63. The molecule has 0 fully saturated rings. The molecule has 0 aromatic rings. The lowest BCUT2D eigenvalue weighted by atomic mass is 10.1. The van der Waals surface area contributed by atoms with E-state index < -0.39 is 0 Å². The van der Waals surface area contributed by atoms with Gasteiger partial charge in [-0.05, 0) is 25.2 Å². The predicted molar refractivity (Wildman–Crippen MR) is 56.5 cm³/mol. The van der Waals surface area contributed by atoms with Gasteiger partial charge in [-0.2, -0.15) is 0 Å². The van der Waals surface area contributed by atoms with Crippen molar-refractivity contribution >= 4 is 0 Å². The first-order valence-electron chi connectivity index (χ1n) is 5.36. The highest BCUT2D eigenvalue weighted by molar-refractivity contribution is 5.09. The molecule has 1 rings (SSSR count). The minimum absolute atomic E-state index is 0.203. The monoisotopic (exact) mass is 180 g/mol. The second-order valence-corrected chi connectivity index (χ2v) is 3.78. The molecular formula is C12H20O. The summed E-state index contributed by atoms with van der Waals surface area (Å²) < 4.78 is 0. The molecule has 0 unspecified atom stereocenters. The first kappa shape index (κ1) is 10.5. The molecule has 13 heavy (non-hydrogen) atoms. The highest BCUT2D eigenvalue weighted by atomic mass is 16.3. The zero-order valence-electron chi connectivity index (χ0n) is 8.45. The van der Waals surface area contributed by atoms with E-state index in [1.54, 1.807) is 0 Å². The molecule has 0 aliphatic heterocycles. The van der Waals surface area contributed by atoms with Crippen molar-refractivity contribution in [2.75, 3.05) is 0 Å². The lowest BCUT2D eigenvalue weighted by Gasteiger charge is -2.01. The molecular weight excluding hydrogens is 160 g/mol. The largest absolute Gasteiger partial charge is 0.389 e. The molecule has 2 atom stereocenters. The van der Waals surface area contributed by atoms with E-state index in [0.29, 0.717) is 5.92 Å². The molecule has 1 nitrogen and oxygen atoms in total. The Morgan fingerprint density at radius 1 is 1.38 bits per heavy atom. The second kappa shape index (κ2) is 5.98. The molecule has 0 saturated heterocycles. The van der Waals surface area contributed by atoms with Crippen LogP contribution in [0.4, 0.5) is 0 Å². The predicted octanol–water partition coefficient (Wildman–Crippen LogP) is 3.06. The third-order valence-electron chi connectivity index (χ3n) is 2.45. The van der Waals surface area contributed by atoms with Gasteiger partial charge in [0.1, 0.15) is 0 Å². The van der Waals surface area contributed by atoms with Gasteiger partial charge >= 0.3 is 0 Å². The third-order valence-corrected chi connectivity index (χ3v) is 2.45. The zero-order chi connectivity index (χ0) is 9.52. The maximum atomic E-state index is 9.22. The molecule has 0 aromatic carbocycles. The van der Waals surface area contributed by atoms with Crippen LogP contribution in [0.2, 0.25) is 0 Å². The fourth-order valence-electron chi connectivity index (χ4n) is 1.63. The highest BCUT2D eigenvalue weighted by Gasteiger charge is 2.12. The van der Waals surface area contributed by atoms with Gasteiger partial charge in [-0.1, -0.05) is 44.1 Å². The summed E-state index contributed by atoms with van der Waals surface area (Å²) in [7, 11) is 0. The van der Waals surface area contributed by atoms with Crippen LogP contribution in [0.3, 0.4) is 0 Å². The number of rotatable bonds is 5. The van der Waals surface area contributed by atoms with Crippen LogP contribution in [-0.2, 0) is 0 Å². The molecule has 1 heteroatoms. The minimum atomic E-state index is -0.203. The lowest BCUT2D eigenvalue weighted by molar-refractivity contribution is 0.216. The molecule has 0 amide bonds. The standard InChI is InChI=1S/C12H20O/c1-2-3-4-5-6-7-11-8-9-12(13)10-11/h6-9,11-13H,2-5,10H2,1H3/b7-6+/t11-,12-/m1/s1. The Morgan fingerprint density at radius 2 is 2.23 bits per heavy atom. The summed E-state index contributed by atoms with van der Waals surface area (Å²) in [6, 6.07) is 0. The van der Waals surface area contributed by atoms with Crippen molar-refractivity contribution < 1.29 is 5.11 Å². The van der Waals surface area contributed by atoms with Gasteiger partial charge in [0.25, 0.3) is 0 Å². The SMILES string of the molecule is CCCCC/C=C/[C@@H]1C=C[C@@H](O)C1. The van der Waals surface area contributed by atoms with Gasteiger partial charge in [0.15, 0.2) is 0 Å². The van der Waals surface area contributed by atoms with E-state index >= 15 is 0 Å². The van der Waals surface area contributed by atoms with Crippen molar-refractivity contribution in [1.29, 1.82) is 0 Å². The first-order chi connectivity index (χ1) is 6.33. The van der Waals surface area contributed by atoms with Crippen LogP contribution in [0.25, 0.3) is 0 Å². The van der Waals surface area contributed by atoms with Gasteiger partial charge in [-0.25, -0.2) is 0 Å². The maximum absolute atomic E-state index is 9.22. The van der Waals surface area contributed by atoms with E-state index in [1.165, 1.54) is 25.7 Å². The molecule has 0 radical (unpaired) electrons. The highest BCUT2D eigenvalue weighted by Crippen LogP contribution is 2.19. The summed E-state index contributed by atoms with van der Waals surface area (Å²) in [6.07, 6.45) is 14.2. The fraction of sp³-hybridized carbons (Fsp3) is 0.667. The van der Waals surface area contributed by atoms with Gasteiger partial charge < -0.3 is 5.11 Å². The van der Waals surface area contributed by atoms with E-state index in [-0.39, 0.29) is 6.10 Å². The van der Waals surface area contributed by atoms with Crippen molar-refractivity contribution in [3.05, 3.63) is 24.3 Å². The normalized spacial score (nSPS) is 27.5. The Morgan fingerprint density at radius 3 is 2.85 bits per heavy atom. The van der Waals surface area contributed by atoms with Crippen LogP contribution < -0.4 is 0 Å². The molecule has 0 bridgehead atoms. The lowest BCUT2D eigenvalue weighted by Crippen LogP contribution is -1.99. The van der Waals surface area contributed by atoms with Gasteiger partial charge in [0, 0.05) is 0 Å². The van der Waals surface area contributed by atoms with E-state index in [2.05, 4.69) is 25.2 Å². The maximum Gasteiger partial charge on any atom is 0.0729 e. The van der Waals surface area contributed by atoms with Crippen molar-refractivity contribution in [2.45, 2.75) is 45.1 Å². The molecule has 1 N–H and O–H groups in total. The summed E-state index contributed by atoms with van der Waals surface area (Å²) in [5.41, 5.74) is 0. The van der Waals surface area contributed by atoms with Crippen LogP contribution in [0, 0.1) is 5.92 Å². The van der Waals surface area contributed by atoms with Gasteiger partial charge in [0.05, 0.1) is 6.10 Å². The first-order valence-corrected chi connectivity index (χ1v) is 5.36. The summed E-state index contributed by atoms with van der Waals surface area (Å²) >= 11 is 0. The molecule has 0 heterocycles. The summed E-state index contributed by atoms with van der Waals surface area (Å²) in [5, 5.41) is 9.22. The number of hydrogen-bond donors (Lipinski definition) is 1. The molecule has 0 aromatic heterocycles. The Kier molecular flexibility index (Phi) is 4.84. The average Bonchev–Trinajstić information content (AvgIpc) is 2.51. The molecule has 1 aliphatic carbocycles. The van der Waals surface area contributed by atoms with Crippen molar-refractivity contribution in [1.82, 2.24) is 0 Å². The molecule has 0 spiro atoms. The number of aliphatic hydroxyl groups excluding tert-OH is 1. The van der Waals surface area contributed by atoms with E-state index in [1.807, 2.05) is 6.08 Å². The van der Waals surface area contributed by atoms with Crippen LogP contribution >= 0.6 is 0 Å². The smallest absolute Gasteiger partial charge is 0.0729 e. The van der Waals surface area contributed by atoms with Crippen LogP contribution in [0.5, 0.6) is 0 Å². The van der Waals surface area contributed by atoms with E-state index in [0.717, 1.165) is 6.42 Å². The second-order valence-electron chi connectivity index (χ2n) is 3.78. The van der Waals surface area contributed by atoms with Gasteiger partial charge in [0.2, 0.25) is 0 Å². The molecule has 0 saturated carbocycles. The van der Waals surface area contributed by atoms with Crippen LogP contribution in [0.1, 0.15) is 39.0 Å². The van der Waals surface area contributed by atoms with Crippen molar-refractivity contribution in [3.63, 3.8) is 0 Å². The number of unbranched alkanes of at least 4 members (excludes halogenated alkanes) is 3. The Bertz CT molecular complexity index is 182. The molecule has 1 aliphatic rings. The summed E-state index contributed by atoms with van der Waals surface area (Å²) in [5.74, 6) is 0.483. The van der Waals surface area contributed by atoms with Gasteiger partial charge in [-0.15, -0.1) is 0 Å². The van der Waals surface area contributed by atoms with Crippen LogP contribution in [0.15, 0.2) is 24.3 Å². The van der Waals surface area contributed by atoms with Crippen LogP contribution in [-0.4, -0.2) is 11.2 Å². The van der Waals surface area contributed by atoms with Crippen molar-refractivity contribution in [2.24, 2.45) is 5.92 Å². The Hall–Kier alpha value is -0.560. The number of allylic oxidation sites excluding steroid dienone is 3. The number of aliphatic hydroxyl groups is 1. The van der Waals surface area contributed by atoms with Crippen molar-refractivity contribution in [3.8, 4) is 0 Å². The average molecular weight is 180 g/mol. The topological polar surface area (TPSA) is 20.2 Å². The minimum Gasteiger partial charge on any atom is -0.389 e. The number of hydrogen-bond acceptors (Lipinski definition) is 1.